The highest BCUT2D eigenvalue weighted by Gasteiger charge is 2.23. The van der Waals surface area contributed by atoms with Crippen molar-refractivity contribution in [2.24, 2.45) is 0 Å². The van der Waals surface area contributed by atoms with Crippen LogP contribution < -0.4 is 9.50 Å². The van der Waals surface area contributed by atoms with Crippen molar-refractivity contribution < 1.29 is 17.5 Å². The van der Waals surface area contributed by atoms with Crippen LogP contribution in [0.2, 0.25) is 5.02 Å². The summed E-state index contributed by atoms with van der Waals surface area (Å²) in [4.78, 5) is 14.8. The van der Waals surface area contributed by atoms with Crippen molar-refractivity contribution in [3.8, 4) is 17.0 Å². The molecule has 0 bridgehead atoms. The van der Waals surface area contributed by atoms with Crippen molar-refractivity contribution in [2.45, 2.75) is 43.0 Å². The molecule has 0 amide bonds. The molecule has 9 nitrogen and oxygen atoms in total. The van der Waals surface area contributed by atoms with Gasteiger partial charge >= 0.3 is 10.1 Å². The average molecular weight is 527 g/mol. The molecule has 1 saturated carbocycles. The van der Waals surface area contributed by atoms with Crippen molar-refractivity contribution in [3.05, 3.63) is 82.0 Å². The maximum absolute atomic E-state index is 12.7. The van der Waals surface area contributed by atoms with Crippen LogP contribution in [-0.4, -0.2) is 28.8 Å². The Morgan fingerprint density at radius 3 is 2.53 bits per heavy atom. The average Bonchev–Trinajstić information content (AvgIpc) is 3.23. The Morgan fingerprint density at radius 2 is 1.81 bits per heavy atom. The molecule has 36 heavy (non-hydrogen) atoms. The van der Waals surface area contributed by atoms with Gasteiger partial charge in [0.1, 0.15) is 32.8 Å². The van der Waals surface area contributed by atoms with Crippen LogP contribution in [0.3, 0.4) is 0 Å². The van der Waals surface area contributed by atoms with E-state index in [-0.39, 0.29) is 15.7 Å². The number of benzene rings is 2. The first-order chi connectivity index (χ1) is 17.3. The van der Waals surface area contributed by atoms with Crippen molar-refractivity contribution in [3.63, 3.8) is 0 Å². The van der Waals surface area contributed by atoms with Crippen molar-refractivity contribution in [1.29, 1.82) is 0 Å². The number of nitro groups is 1. The predicted molar refractivity (Wildman–Crippen MR) is 137 cm³/mol. The second-order valence-corrected chi connectivity index (χ2v) is 10.6. The monoisotopic (exact) mass is 526 g/mol. The van der Waals surface area contributed by atoms with Crippen LogP contribution in [-0.2, 0) is 10.1 Å². The lowest BCUT2D eigenvalue weighted by molar-refractivity contribution is -0.384. The summed E-state index contributed by atoms with van der Waals surface area (Å²) < 4.78 is 32.7. The largest absolute Gasteiger partial charge is 0.379 e. The van der Waals surface area contributed by atoms with Gasteiger partial charge in [-0.15, -0.1) is 0 Å². The Morgan fingerprint density at radius 1 is 1.06 bits per heavy atom. The van der Waals surface area contributed by atoms with Crippen LogP contribution in [0.1, 0.15) is 32.1 Å². The van der Waals surface area contributed by atoms with Gasteiger partial charge in [0.2, 0.25) is 0 Å². The van der Waals surface area contributed by atoms with E-state index >= 15 is 0 Å². The summed E-state index contributed by atoms with van der Waals surface area (Å²) >= 11 is 5.79. The summed E-state index contributed by atoms with van der Waals surface area (Å²) in [5, 5.41) is 14.6. The molecule has 0 radical (unpaired) electrons. The Bertz CT molecular complexity index is 1530. The van der Waals surface area contributed by atoms with E-state index in [4.69, 9.17) is 20.8 Å². The highest BCUT2D eigenvalue weighted by Crippen LogP contribution is 2.33. The molecule has 2 heterocycles. The van der Waals surface area contributed by atoms with E-state index in [9.17, 15) is 18.5 Å². The molecule has 11 heteroatoms. The SMILES string of the molecule is O=[N+]([O-])c1cc(S(=O)(=O)Oc2ccc(-c3nc4ccccn4c3NC3CCCCC3)cc2)ccc1Cl. The lowest BCUT2D eigenvalue weighted by Gasteiger charge is -2.24. The molecule has 1 aliphatic carbocycles. The summed E-state index contributed by atoms with van der Waals surface area (Å²) in [5.41, 5.74) is 1.85. The second kappa shape index (κ2) is 9.79. The first kappa shape index (κ1) is 24.1. The maximum Gasteiger partial charge on any atom is 0.339 e. The van der Waals surface area contributed by atoms with Crippen LogP contribution in [0.15, 0.2) is 71.8 Å². The van der Waals surface area contributed by atoms with Crippen molar-refractivity contribution >= 4 is 38.9 Å². The smallest absolute Gasteiger partial charge is 0.339 e. The van der Waals surface area contributed by atoms with Gasteiger partial charge in [0.25, 0.3) is 5.69 Å². The highest BCUT2D eigenvalue weighted by atomic mass is 35.5. The Kier molecular flexibility index (Phi) is 6.55. The normalized spacial score (nSPS) is 14.6. The maximum atomic E-state index is 12.7. The molecule has 1 N–H and O–H groups in total. The van der Waals surface area contributed by atoms with Gasteiger partial charge in [-0.2, -0.15) is 8.42 Å². The van der Waals surface area contributed by atoms with E-state index < -0.39 is 20.7 Å². The minimum atomic E-state index is -4.31. The van der Waals surface area contributed by atoms with E-state index in [1.165, 1.54) is 37.5 Å². The summed E-state index contributed by atoms with van der Waals surface area (Å²) in [6.07, 6.45) is 7.82. The number of nitro benzene ring substituents is 1. The quantitative estimate of drug-likeness (QED) is 0.176. The summed E-state index contributed by atoms with van der Waals surface area (Å²) in [5.74, 6) is 0.967. The van der Waals surface area contributed by atoms with Crippen molar-refractivity contribution in [1.82, 2.24) is 9.38 Å². The van der Waals surface area contributed by atoms with Gasteiger partial charge in [0.05, 0.1) is 4.92 Å². The number of hydrogen-bond acceptors (Lipinski definition) is 7. The molecule has 0 spiro atoms. The lowest BCUT2D eigenvalue weighted by Crippen LogP contribution is -2.23. The summed E-state index contributed by atoms with van der Waals surface area (Å²) in [6.45, 7) is 0. The fourth-order valence-corrected chi connectivity index (χ4v) is 5.54. The molecule has 0 aliphatic heterocycles. The molecular formula is C25H23ClN4O5S. The Balaban J connectivity index is 1.43. The topological polar surface area (TPSA) is 116 Å². The van der Waals surface area contributed by atoms with Gasteiger partial charge in [0, 0.05) is 23.9 Å². The van der Waals surface area contributed by atoms with Gasteiger partial charge in [-0.25, -0.2) is 4.98 Å². The van der Waals surface area contributed by atoms with Crippen LogP contribution in [0.5, 0.6) is 5.75 Å². The van der Waals surface area contributed by atoms with Gasteiger partial charge < -0.3 is 9.50 Å². The van der Waals surface area contributed by atoms with Crippen LogP contribution >= 0.6 is 11.6 Å². The van der Waals surface area contributed by atoms with Gasteiger partial charge in [-0.3, -0.25) is 14.5 Å². The third kappa shape index (κ3) is 4.87. The zero-order valence-corrected chi connectivity index (χ0v) is 20.7. The van der Waals surface area contributed by atoms with Crippen LogP contribution in [0.25, 0.3) is 16.9 Å². The van der Waals surface area contributed by atoms with Gasteiger partial charge in [-0.05, 0) is 61.4 Å². The number of pyridine rings is 1. The number of anilines is 1. The molecule has 5 rings (SSSR count). The molecule has 2 aromatic heterocycles. The van der Waals surface area contributed by atoms with E-state index in [1.54, 1.807) is 12.1 Å². The molecule has 4 aromatic rings. The van der Waals surface area contributed by atoms with Crippen LogP contribution in [0.4, 0.5) is 11.5 Å². The number of halogens is 1. The Labute approximate surface area is 213 Å². The van der Waals surface area contributed by atoms with E-state index in [1.807, 2.05) is 28.8 Å². The second-order valence-electron chi connectivity index (χ2n) is 8.65. The number of imidazole rings is 1. The molecule has 1 fully saturated rings. The van der Waals surface area contributed by atoms with Gasteiger partial charge in [-0.1, -0.05) is 36.9 Å². The molecule has 186 valence electrons. The zero-order valence-electron chi connectivity index (χ0n) is 19.1. The minimum absolute atomic E-state index is 0.0712. The first-order valence-electron chi connectivity index (χ1n) is 11.5. The van der Waals surface area contributed by atoms with E-state index in [2.05, 4.69) is 5.32 Å². The predicted octanol–water partition coefficient (Wildman–Crippen LogP) is 6.08. The number of hydrogen-bond donors (Lipinski definition) is 1. The molecule has 2 aromatic carbocycles. The van der Waals surface area contributed by atoms with Crippen molar-refractivity contribution in [2.75, 3.05) is 5.32 Å². The van der Waals surface area contributed by atoms with E-state index in [0.29, 0.717) is 6.04 Å². The third-order valence-electron chi connectivity index (χ3n) is 6.21. The Hall–Kier alpha value is -3.63. The molecule has 0 unspecified atom stereocenters. The fraction of sp³-hybridized carbons (Fsp3) is 0.240. The zero-order chi connectivity index (χ0) is 25.3. The first-order valence-corrected chi connectivity index (χ1v) is 13.3. The fourth-order valence-electron chi connectivity index (χ4n) is 4.41. The third-order valence-corrected chi connectivity index (χ3v) is 7.78. The summed E-state index contributed by atoms with van der Waals surface area (Å²) in [7, 11) is -4.31. The number of fused-ring (bicyclic) bond motifs is 1. The number of nitrogens with zero attached hydrogens (tertiary/aromatic N) is 3. The van der Waals surface area contributed by atoms with E-state index in [0.717, 1.165) is 47.7 Å². The summed E-state index contributed by atoms with van der Waals surface area (Å²) in [6, 6.07) is 15.9. The number of rotatable bonds is 7. The minimum Gasteiger partial charge on any atom is -0.379 e. The number of nitrogens with one attached hydrogen (secondary N) is 1. The highest BCUT2D eigenvalue weighted by molar-refractivity contribution is 7.87. The van der Waals surface area contributed by atoms with Gasteiger partial charge in [0.15, 0.2) is 0 Å². The molecule has 0 atom stereocenters. The lowest BCUT2D eigenvalue weighted by atomic mass is 9.95. The number of aromatic nitrogens is 2. The van der Waals surface area contributed by atoms with Crippen LogP contribution in [0, 0.1) is 10.1 Å². The molecule has 1 aliphatic rings. The standard InChI is InChI=1S/C25H23ClN4O5S/c26-21-14-13-20(16-22(21)30(31)32)36(33,34)35-19-11-9-17(10-12-19)24-25(27-18-6-2-1-3-7-18)29-15-5-4-8-23(29)28-24/h4-5,8-16,18,27H,1-3,6-7H2. The molecular weight excluding hydrogens is 504 g/mol. The molecule has 0 saturated heterocycles.